The van der Waals surface area contributed by atoms with Gasteiger partial charge in [-0.2, -0.15) is 0 Å². The van der Waals surface area contributed by atoms with Crippen LogP contribution < -0.4 is 15.8 Å². The van der Waals surface area contributed by atoms with Gasteiger partial charge in [0.05, 0.1) is 16.2 Å². The minimum absolute atomic E-state index is 0.0664. The number of nitrogens with zero attached hydrogens (tertiary/aromatic N) is 2. The average Bonchev–Trinajstić information content (AvgIpc) is 3.27. The van der Waals surface area contributed by atoms with Crippen molar-refractivity contribution in [1.29, 1.82) is 0 Å². The molecule has 0 aromatic heterocycles. The number of rotatable bonds is 9. The Bertz CT molecular complexity index is 1430. The third kappa shape index (κ3) is 7.80. The number of hydrogen-bond donors (Lipinski definition) is 2. The van der Waals surface area contributed by atoms with Gasteiger partial charge < -0.3 is 25.6 Å². The van der Waals surface area contributed by atoms with Crippen LogP contribution in [0.1, 0.15) is 55.5 Å². The highest BCUT2D eigenvalue weighted by molar-refractivity contribution is 7.91. The highest BCUT2D eigenvalue weighted by atomic mass is 32.2. The first-order valence-corrected chi connectivity index (χ1v) is 16.0. The van der Waals surface area contributed by atoms with Crippen LogP contribution in [0.15, 0.2) is 47.4 Å². The number of alkyl halides is 3. The summed E-state index contributed by atoms with van der Waals surface area (Å²) < 4.78 is 69.0. The van der Waals surface area contributed by atoms with Crippen molar-refractivity contribution >= 4 is 27.3 Å². The average molecular weight is 625 g/mol. The number of aryl methyl sites for hydroxylation is 1. The molecule has 9 nitrogen and oxygen atoms in total. The molecular weight excluding hydrogens is 585 g/mol. The summed E-state index contributed by atoms with van der Waals surface area (Å²) in [6.07, 6.45) is -2.70. The lowest BCUT2D eigenvalue weighted by atomic mass is 9.81. The van der Waals surface area contributed by atoms with E-state index in [0.29, 0.717) is 19.4 Å². The lowest BCUT2D eigenvalue weighted by molar-refractivity contribution is -0.274. The van der Waals surface area contributed by atoms with Crippen LogP contribution in [0.3, 0.4) is 0 Å². The van der Waals surface area contributed by atoms with E-state index in [0.717, 1.165) is 30.2 Å². The van der Waals surface area contributed by atoms with Gasteiger partial charge in [0.15, 0.2) is 9.84 Å². The molecule has 4 atom stereocenters. The normalized spacial score (nSPS) is 23.2. The first-order valence-electron chi connectivity index (χ1n) is 14.3. The van der Waals surface area contributed by atoms with E-state index in [1.807, 2.05) is 14.0 Å². The third-order valence-corrected chi connectivity index (χ3v) is 10.4. The number of hydrogen-bond acceptors (Lipinski definition) is 7. The maximum Gasteiger partial charge on any atom is 0.573 e. The van der Waals surface area contributed by atoms with Crippen molar-refractivity contribution in [3.05, 3.63) is 53.6 Å². The van der Waals surface area contributed by atoms with Gasteiger partial charge in [-0.1, -0.05) is 17.7 Å². The Morgan fingerprint density at radius 2 is 1.81 bits per heavy atom. The van der Waals surface area contributed by atoms with Crippen molar-refractivity contribution in [2.75, 3.05) is 25.1 Å². The molecule has 0 bridgehead atoms. The fourth-order valence-corrected chi connectivity index (χ4v) is 7.72. The first-order chi connectivity index (χ1) is 20.1. The van der Waals surface area contributed by atoms with Gasteiger partial charge in [-0.25, -0.2) is 8.42 Å². The molecule has 2 fully saturated rings. The van der Waals surface area contributed by atoms with Crippen LogP contribution >= 0.6 is 0 Å². The molecule has 0 radical (unpaired) electrons. The Kier molecular flexibility index (Phi) is 9.65. The van der Waals surface area contributed by atoms with Crippen molar-refractivity contribution in [2.24, 2.45) is 5.92 Å². The molecule has 2 amide bonds. The minimum Gasteiger partial charge on any atom is -0.406 e. The molecule has 13 heteroatoms. The van der Waals surface area contributed by atoms with Crippen molar-refractivity contribution < 1.29 is 35.9 Å². The number of anilines is 1. The van der Waals surface area contributed by atoms with Gasteiger partial charge >= 0.3 is 6.36 Å². The molecule has 0 unspecified atom stereocenters. The molecule has 1 aliphatic heterocycles. The number of carbonyl (C=O) groups is 2. The van der Waals surface area contributed by atoms with Gasteiger partial charge in [-0.15, -0.1) is 13.2 Å². The molecule has 1 saturated heterocycles. The minimum atomic E-state index is -4.95. The lowest BCUT2D eigenvalue weighted by Crippen LogP contribution is -2.53. The summed E-state index contributed by atoms with van der Waals surface area (Å²) in [6.45, 7) is 6.36. The Hall–Kier alpha value is -3.32. The number of nitrogens with two attached hydrogens (primary N) is 1. The highest BCUT2D eigenvalue weighted by Crippen LogP contribution is 2.36. The second-order valence-electron chi connectivity index (χ2n) is 11.8. The topological polar surface area (TPSA) is 122 Å². The Morgan fingerprint density at radius 3 is 2.44 bits per heavy atom. The first kappa shape index (κ1) is 32.6. The van der Waals surface area contributed by atoms with Gasteiger partial charge in [-0.3, -0.25) is 9.59 Å². The van der Waals surface area contributed by atoms with Crippen LogP contribution in [0, 0.1) is 12.8 Å². The van der Waals surface area contributed by atoms with E-state index in [1.165, 1.54) is 0 Å². The van der Waals surface area contributed by atoms with Gasteiger partial charge in [0.2, 0.25) is 5.91 Å². The van der Waals surface area contributed by atoms with Gasteiger partial charge in [0.1, 0.15) is 11.8 Å². The molecule has 0 spiro atoms. The van der Waals surface area contributed by atoms with Crippen LogP contribution in [0.2, 0.25) is 0 Å². The number of amides is 2. The number of carbonyl (C=O) groups excluding carboxylic acids is 2. The number of ether oxygens (including phenoxy) is 1. The molecule has 43 heavy (non-hydrogen) atoms. The summed E-state index contributed by atoms with van der Waals surface area (Å²) in [4.78, 5) is 30.7. The van der Waals surface area contributed by atoms with E-state index in [4.69, 9.17) is 5.73 Å². The predicted octanol–water partition coefficient (Wildman–Crippen LogP) is 4.16. The number of nitrogen functional groups attached to an aromatic ring is 1. The zero-order valence-electron chi connectivity index (χ0n) is 24.7. The Balaban J connectivity index is 1.52. The fourth-order valence-electron chi connectivity index (χ4n) is 6.06. The summed E-state index contributed by atoms with van der Waals surface area (Å²) in [5.74, 6) is -2.21. The Labute approximate surface area is 250 Å². The van der Waals surface area contributed by atoms with Crippen LogP contribution in [0.4, 0.5) is 18.9 Å². The highest BCUT2D eigenvalue weighted by Gasteiger charge is 2.44. The van der Waals surface area contributed by atoms with Gasteiger partial charge in [0, 0.05) is 30.4 Å². The molecule has 236 valence electrons. The summed E-state index contributed by atoms with van der Waals surface area (Å²) in [5.41, 5.74) is 6.48. The van der Waals surface area contributed by atoms with Crippen LogP contribution in [-0.4, -0.2) is 79.9 Å². The second kappa shape index (κ2) is 12.7. The third-order valence-electron chi connectivity index (χ3n) is 8.57. The zero-order valence-corrected chi connectivity index (χ0v) is 25.5. The van der Waals surface area contributed by atoms with Crippen molar-refractivity contribution in [3.8, 4) is 5.75 Å². The molecular formula is C30H39F3N4O5S. The molecule has 1 heterocycles. The van der Waals surface area contributed by atoms with Crippen LogP contribution in [-0.2, 0) is 14.6 Å². The number of halogens is 3. The smallest absolute Gasteiger partial charge is 0.406 e. The molecule has 3 N–H and O–H groups in total. The van der Waals surface area contributed by atoms with E-state index in [9.17, 15) is 31.2 Å². The molecule has 1 saturated carbocycles. The lowest BCUT2D eigenvalue weighted by Gasteiger charge is -2.44. The molecule has 2 aliphatic rings. The fraction of sp³-hybridized carbons (Fsp3) is 0.533. The molecule has 2 aromatic rings. The van der Waals surface area contributed by atoms with E-state index in [1.54, 1.807) is 29.2 Å². The summed E-state index contributed by atoms with van der Waals surface area (Å²) >= 11 is 0. The van der Waals surface area contributed by atoms with Crippen LogP contribution in [0.5, 0.6) is 5.75 Å². The Morgan fingerprint density at radius 1 is 1.14 bits per heavy atom. The second-order valence-corrected chi connectivity index (χ2v) is 13.8. The number of benzene rings is 2. The largest absolute Gasteiger partial charge is 0.573 e. The number of sulfone groups is 1. The summed E-state index contributed by atoms with van der Waals surface area (Å²) in [5, 5.41) is 2.61. The van der Waals surface area contributed by atoms with E-state index >= 15 is 0 Å². The number of nitrogens with one attached hydrogen (secondary N) is 1. The van der Waals surface area contributed by atoms with E-state index in [-0.39, 0.29) is 58.3 Å². The predicted molar refractivity (Wildman–Crippen MR) is 156 cm³/mol. The van der Waals surface area contributed by atoms with Crippen LogP contribution in [0.25, 0.3) is 0 Å². The monoisotopic (exact) mass is 624 g/mol. The number of likely N-dealkylation sites (tertiary alicyclic amines) is 1. The maximum absolute atomic E-state index is 13.6. The van der Waals surface area contributed by atoms with Gasteiger partial charge in [-0.05, 0) is 89.8 Å². The zero-order chi connectivity index (χ0) is 31.7. The standard InChI is InChI=1S/C30H39F3N4O5S/c1-18(2)36(4)21-7-12-27(20(15-21)17-43(40,41)23-9-5-19(3)6-10-23)37-14-13-26(29(37)39)35-28(38)24-16-22(8-11-25(24)34)42-30(31,32)33/h5-6,8-11,16,18,20-21,26-27H,7,12-15,17,34H2,1-4H3,(H,35,38)/t20-,21+,26-,27-/m0/s1. The molecule has 2 aromatic carbocycles. The molecule has 4 rings (SSSR count). The van der Waals surface area contributed by atoms with Crippen molar-refractivity contribution in [2.45, 2.75) is 81.9 Å². The quantitative estimate of drug-likeness (QED) is 0.402. The van der Waals surface area contributed by atoms with E-state index < -0.39 is 33.9 Å². The maximum atomic E-state index is 13.6. The van der Waals surface area contributed by atoms with E-state index in [2.05, 4.69) is 28.8 Å². The molecule has 1 aliphatic carbocycles. The van der Waals surface area contributed by atoms with Gasteiger partial charge in [0.25, 0.3) is 5.91 Å². The summed E-state index contributed by atoms with van der Waals surface area (Å²) in [7, 11) is -1.63. The van der Waals surface area contributed by atoms with Crippen molar-refractivity contribution in [1.82, 2.24) is 15.1 Å². The summed E-state index contributed by atoms with van der Waals surface area (Å²) in [6, 6.07) is 8.88. The van der Waals surface area contributed by atoms with Crippen molar-refractivity contribution in [3.63, 3.8) is 0 Å². The SMILES string of the molecule is Cc1ccc(S(=O)(=O)C[C@@H]2C[C@H](N(C)C(C)C)CC[C@@H]2N2CC[C@H](NC(=O)c3cc(OC(F)(F)F)ccc3N)C2=O)cc1.